The highest BCUT2D eigenvalue weighted by Crippen LogP contribution is 2.15. The quantitative estimate of drug-likeness (QED) is 0.764. The van der Waals surface area contributed by atoms with Crippen LogP contribution in [0.5, 0.6) is 0 Å². The average Bonchev–Trinajstić information content (AvgIpc) is 2.33. The number of carbonyl (C=O) groups excluding carboxylic acids is 1. The number of hydrogen-bond acceptors (Lipinski definition) is 3. The standard InChI is InChI=1S/C12H9ClN2O/c13-11-8-15-6-3-10(11)7-12(16)9-1-4-14-5-2-9/h1-6,8H,7H2. The molecule has 0 spiro atoms. The molecule has 0 fully saturated rings. The summed E-state index contributed by atoms with van der Waals surface area (Å²) in [6, 6.07) is 5.14. The summed E-state index contributed by atoms with van der Waals surface area (Å²) in [5.74, 6) is 0.0236. The predicted molar refractivity (Wildman–Crippen MR) is 61.5 cm³/mol. The number of pyridine rings is 2. The Balaban J connectivity index is 2.18. The van der Waals surface area contributed by atoms with Crippen molar-refractivity contribution in [2.75, 3.05) is 0 Å². The number of hydrogen-bond donors (Lipinski definition) is 0. The fraction of sp³-hybridized carbons (Fsp3) is 0.0833. The summed E-state index contributed by atoms with van der Waals surface area (Å²) in [6.07, 6.45) is 6.64. The van der Waals surface area contributed by atoms with Gasteiger partial charge < -0.3 is 0 Å². The van der Waals surface area contributed by atoms with Gasteiger partial charge in [0.1, 0.15) is 0 Å². The van der Waals surface area contributed by atoms with Crippen LogP contribution in [-0.2, 0) is 6.42 Å². The molecular formula is C12H9ClN2O. The molecule has 4 heteroatoms. The minimum absolute atomic E-state index is 0.0236. The van der Waals surface area contributed by atoms with Crippen molar-refractivity contribution in [2.45, 2.75) is 6.42 Å². The lowest BCUT2D eigenvalue weighted by atomic mass is 10.1. The number of nitrogens with zero attached hydrogens (tertiary/aromatic N) is 2. The van der Waals surface area contributed by atoms with Gasteiger partial charge in [0.25, 0.3) is 0 Å². The second-order valence-electron chi connectivity index (χ2n) is 3.30. The first-order valence-electron chi connectivity index (χ1n) is 4.79. The number of rotatable bonds is 3. The Morgan fingerprint density at radius 2 is 1.81 bits per heavy atom. The van der Waals surface area contributed by atoms with Crippen LogP contribution in [0.25, 0.3) is 0 Å². The average molecular weight is 233 g/mol. The van der Waals surface area contributed by atoms with Crippen molar-refractivity contribution < 1.29 is 4.79 Å². The maximum Gasteiger partial charge on any atom is 0.167 e. The lowest BCUT2D eigenvalue weighted by Crippen LogP contribution is -2.04. The molecule has 0 aliphatic rings. The van der Waals surface area contributed by atoms with Crippen molar-refractivity contribution >= 4 is 17.4 Å². The van der Waals surface area contributed by atoms with Crippen LogP contribution in [0.15, 0.2) is 43.0 Å². The Kier molecular flexibility index (Phi) is 3.27. The third-order valence-electron chi connectivity index (χ3n) is 2.21. The molecule has 0 saturated carbocycles. The first-order valence-corrected chi connectivity index (χ1v) is 5.17. The maximum absolute atomic E-state index is 11.9. The first kappa shape index (κ1) is 10.8. The van der Waals surface area contributed by atoms with Crippen molar-refractivity contribution in [1.82, 2.24) is 9.97 Å². The van der Waals surface area contributed by atoms with E-state index in [0.717, 1.165) is 5.56 Å². The van der Waals surface area contributed by atoms with Gasteiger partial charge in [-0.2, -0.15) is 0 Å². The highest BCUT2D eigenvalue weighted by atomic mass is 35.5. The SMILES string of the molecule is O=C(Cc1ccncc1Cl)c1ccncc1. The molecule has 3 nitrogen and oxygen atoms in total. The summed E-state index contributed by atoms with van der Waals surface area (Å²) < 4.78 is 0. The second kappa shape index (κ2) is 4.86. The third-order valence-corrected chi connectivity index (χ3v) is 2.55. The van der Waals surface area contributed by atoms with Gasteiger partial charge in [-0.25, -0.2) is 0 Å². The number of halogens is 1. The molecule has 0 aromatic carbocycles. The van der Waals surface area contributed by atoms with Crippen LogP contribution in [0.2, 0.25) is 5.02 Å². The van der Waals surface area contributed by atoms with Gasteiger partial charge in [0.2, 0.25) is 0 Å². The zero-order valence-corrected chi connectivity index (χ0v) is 9.19. The fourth-order valence-electron chi connectivity index (χ4n) is 1.36. The Bertz CT molecular complexity index is 499. The molecule has 0 unspecified atom stereocenters. The molecular weight excluding hydrogens is 224 g/mol. The smallest absolute Gasteiger partial charge is 0.167 e. The van der Waals surface area contributed by atoms with E-state index in [1.807, 2.05) is 0 Å². The number of carbonyl (C=O) groups is 1. The second-order valence-corrected chi connectivity index (χ2v) is 3.71. The first-order chi connectivity index (χ1) is 7.77. The molecule has 0 saturated heterocycles. The van der Waals surface area contributed by atoms with Gasteiger partial charge in [-0.1, -0.05) is 11.6 Å². The molecule has 0 radical (unpaired) electrons. The Hall–Kier alpha value is -1.74. The van der Waals surface area contributed by atoms with E-state index in [-0.39, 0.29) is 12.2 Å². The van der Waals surface area contributed by atoms with Gasteiger partial charge in [-0.3, -0.25) is 14.8 Å². The normalized spacial score (nSPS) is 10.1. The van der Waals surface area contributed by atoms with Gasteiger partial charge in [0.05, 0.1) is 5.02 Å². The molecule has 0 atom stereocenters. The molecule has 80 valence electrons. The maximum atomic E-state index is 11.9. The summed E-state index contributed by atoms with van der Waals surface area (Å²) in [6.45, 7) is 0. The molecule has 0 aliphatic heterocycles. The molecule has 0 amide bonds. The van der Waals surface area contributed by atoms with E-state index in [0.29, 0.717) is 10.6 Å². The van der Waals surface area contributed by atoms with Crippen LogP contribution in [0.3, 0.4) is 0 Å². The van der Waals surface area contributed by atoms with E-state index in [1.54, 1.807) is 36.8 Å². The van der Waals surface area contributed by atoms with E-state index in [2.05, 4.69) is 9.97 Å². The van der Waals surface area contributed by atoms with Crippen LogP contribution >= 0.6 is 11.6 Å². The molecule has 2 aromatic heterocycles. The lowest BCUT2D eigenvalue weighted by Gasteiger charge is -2.02. The van der Waals surface area contributed by atoms with E-state index in [9.17, 15) is 4.79 Å². The third kappa shape index (κ3) is 2.44. The fourth-order valence-corrected chi connectivity index (χ4v) is 1.55. The molecule has 2 rings (SSSR count). The number of aromatic nitrogens is 2. The van der Waals surface area contributed by atoms with Crippen molar-refractivity contribution in [3.05, 3.63) is 59.1 Å². The van der Waals surface area contributed by atoms with E-state index < -0.39 is 0 Å². The van der Waals surface area contributed by atoms with Crippen LogP contribution in [0, 0.1) is 0 Å². The number of ketones is 1. The van der Waals surface area contributed by atoms with Crippen LogP contribution in [-0.4, -0.2) is 15.8 Å². The molecule has 16 heavy (non-hydrogen) atoms. The van der Waals surface area contributed by atoms with Crippen LogP contribution in [0.1, 0.15) is 15.9 Å². The summed E-state index contributed by atoms with van der Waals surface area (Å²) in [5, 5.41) is 0.518. The van der Waals surface area contributed by atoms with Crippen molar-refractivity contribution in [1.29, 1.82) is 0 Å². The minimum Gasteiger partial charge on any atom is -0.294 e. The molecule has 0 N–H and O–H groups in total. The summed E-state index contributed by atoms with van der Waals surface area (Å²) in [5.41, 5.74) is 1.43. The summed E-state index contributed by atoms with van der Waals surface area (Å²) in [4.78, 5) is 19.6. The Morgan fingerprint density at radius 1 is 1.12 bits per heavy atom. The highest BCUT2D eigenvalue weighted by molar-refractivity contribution is 6.31. The summed E-state index contributed by atoms with van der Waals surface area (Å²) >= 11 is 5.93. The van der Waals surface area contributed by atoms with E-state index in [1.165, 1.54) is 6.20 Å². The Labute approximate surface area is 98.1 Å². The molecule has 0 bridgehead atoms. The zero-order valence-electron chi connectivity index (χ0n) is 8.43. The van der Waals surface area contributed by atoms with Gasteiger partial charge in [-0.05, 0) is 23.8 Å². The molecule has 2 aromatic rings. The van der Waals surface area contributed by atoms with Crippen molar-refractivity contribution in [3.63, 3.8) is 0 Å². The largest absolute Gasteiger partial charge is 0.294 e. The predicted octanol–water partition coefficient (Wildman–Crippen LogP) is 2.56. The lowest BCUT2D eigenvalue weighted by molar-refractivity contribution is 0.0993. The van der Waals surface area contributed by atoms with Crippen molar-refractivity contribution in [3.8, 4) is 0 Å². The van der Waals surface area contributed by atoms with Crippen LogP contribution in [0.4, 0.5) is 0 Å². The van der Waals surface area contributed by atoms with Crippen molar-refractivity contribution in [2.24, 2.45) is 0 Å². The van der Waals surface area contributed by atoms with Crippen LogP contribution < -0.4 is 0 Å². The minimum atomic E-state index is 0.0236. The highest BCUT2D eigenvalue weighted by Gasteiger charge is 2.08. The van der Waals surface area contributed by atoms with Gasteiger partial charge >= 0.3 is 0 Å². The summed E-state index contributed by atoms with van der Waals surface area (Å²) in [7, 11) is 0. The van der Waals surface area contributed by atoms with Gasteiger partial charge in [0.15, 0.2) is 5.78 Å². The van der Waals surface area contributed by atoms with E-state index >= 15 is 0 Å². The topological polar surface area (TPSA) is 42.9 Å². The van der Waals surface area contributed by atoms with Gasteiger partial charge in [-0.15, -0.1) is 0 Å². The molecule has 2 heterocycles. The number of Topliss-reactive ketones (excluding diaryl/α,β-unsaturated/α-hetero) is 1. The zero-order chi connectivity index (χ0) is 11.4. The molecule has 0 aliphatic carbocycles. The van der Waals surface area contributed by atoms with Gasteiger partial charge in [0, 0.05) is 36.8 Å². The Morgan fingerprint density at radius 3 is 2.50 bits per heavy atom. The monoisotopic (exact) mass is 232 g/mol. The van der Waals surface area contributed by atoms with E-state index in [4.69, 9.17) is 11.6 Å².